The van der Waals surface area contributed by atoms with Gasteiger partial charge in [0, 0.05) is 18.8 Å². The molecular formula is C18H17F3N2O5S. The minimum absolute atomic E-state index is 0.0544. The third-order valence-corrected chi connectivity index (χ3v) is 5.23. The first kappa shape index (κ1) is 22.2. The molecule has 1 amide bonds. The molecule has 0 saturated carbocycles. The van der Waals surface area contributed by atoms with Crippen molar-refractivity contribution in [1.29, 1.82) is 0 Å². The minimum atomic E-state index is -5.01. The number of sulfonamides is 1. The molecule has 0 saturated heterocycles. The average molecular weight is 430 g/mol. The molecule has 2 aromatic carbocycles. The van der Waals surface area contributed by atoms with Gasteiger partial charge < -0.3 is 10.0 Å². The van der Waals surface area contributed by atoms with Crippen LogP contribution >= 0.6 is 0 Å². The predicted molar refractivity (Wildman–Crippen MR) is 97.8 cm³/mol. The monoisotopic (exact) mass is 430 g/mol. The van der Waals surface area contributed by atoms with Crippen LogP contribution in [0.25, 0.3) is 0 Å². The molecule has 11 heteroatoms. The number of aromatic carboxylic acids is 1. The van der Waals surface area contributed by atoms with Crippen LogP contribution in [0.1, 0.15) is 22.8 Å². The van der Waals surface area contributed by atoms with Crippen molar-refractivity contribution in [3.63, 3.8) is 0 Å². The quantitative estimate of drug-likeness (QED) is 0.703. The smallest absolute Gasteiger partial charge is 0.471 e. The van der Waals surface area contributed by atoms with Crippen LogP contribution in [0, 0.1) is 0 Å². The number of nitrogens with zero attached hydrogens (tertiary/aromatic N) is 1. The number of benzene rings is 2. The Morgan fingerprint density at radius 2 is 1.76 bits per heavy atom. The summed E-state index contributed by atoms with van der Waals surface area (Å²) >= 11 is 0. The molecule has 0 aliphatic heterocycles. The summed E-state index contributed by atoms with van der Waals surface area (Å²) < 4.78 is 65.2. The van der Waals surface area contributed by atoms with Crippen LogP contribution in [0.2, 0.25) is 0 Å². The lowest BCUT2D eigenvalue weighted by Gasteiger charge is -2.22. The van der Waals surface area contributed by atoms with Crippen molar-refractivity contribution < 1.29 is 36.3 Å². The van der Waals surface area contributed by atoms with Crippen LogP contribution in [0.15, 0.2) is 53.4 Å². The molecule has 0 atom stereocenters. The summed E-state index contributed by atoms with van der Waals surface area (Å²) in [5.41, 5.74) is 0.119. The highest BCUT2D eigenvalue weighted by molar-refractivity contribution is 7.92. The molecule has 0 spiro atoms. The second kappa shape index (κ2) is 8.52. The Morgan fingerprint density at radius 3 is 2.34 bits per heavy atom. The Bertz CT molecular complexity index is 1020. The standard InChI is InChI=1S/C18H17F3N2O5S/c1-2-23(17(26)18(19,20)21)11-12-5-3-7-14(9-12)22-29(27,28)15-8-4-6-13(10-15)16(24)25/h3-10,22H,2,11H2,1H3,(H,24,25). The van der Waals surface area contributed by atoms with Crippen molar-refractivity contribution in [1.82, 2.24) is 4.90 Å². The molecule has 0 aliphatic carbocycles. The molecule has 0 heterocycles. The van der Waals surface area contributed by atoms with Crippen LogP contribution in [0.4, 0.5) is 18.9 Å². The predicted octanol–water partition coefficient (Wildman–Crippen LogP) is 3.10. The fraction of sp³-hybridized carbons (Fsp3) is 0.222. The Balaban J connectivity index is 2.24. The molecule has 7 nitrogen and oxygen atoms in total. The van der Waals surface area contributed by atoms with Gasteiger partial charge in [0.1, 0.15) is 0 Å². The van der Waals surface area contributed by atoms with Crippen molar-refractivity contribution in [3.05, 3.63) is 59.7 Å². The maximum absolute atomic E-state index is 12.6. The number of carboxylic acid groups (broad SMARTS) is 1. The Kier molecular flexibility index (Phi) is 6.52. The first-order valence-corrected chi connectivity index (χ1v) is 9.73. The van der Waals surface area contributed by atoms with E-state index in [-0.39, 0.29) is 34.8 Å². The zero-order chi connectivity index (χ0) is 21.8. The molecular weight excluding hydrogens is 413 g/mol. The maximum atomic E-state index is 12.6. The first-order valence-electron chi connectivity index (χ1n) is 8.25. The fourth-order valence-corrected chi connectivity index (χ4v) is 3.57. The molecule has 0 unspecified atom stereocenters. The van der Waals surface area contributed by atoms with E-state index in [4.69, 9.17) is 5.11 Å². The Morgan fingerprint density at radius 1 is 1.10 bits per heavy atom. The summed E-state index contributed by atoms with van der Waals surface area (Å²) in [7, 11) is -4.13. The zero-order valence-corrected chi connectivity index (χ0v) is 15.9. The molecule has 2 N–H and O–H groups in total. The Hall–Kier alpha value is -3.08. The van der Waals surface area contributed by atoms with Gasteiger partial charge in [-0.05, 0) is 42.8 Å². The van der Waals surface area contributed by atoms with Crippen molar-refractivity contribution in [2.45, 2.75) is 24.5 Å². The average Bonchev–Trinajstić information content (AvgIpc) is 2.65. The molecule has 2 rings (SSSR count). The van der Waals surface area contributed by atoms with E-state index in [0.717, 1.165) is 6.07 Å². The van der Waals surface area contributed by atoms with Crippen LogP contribution in [-0.4, -0.2) is 43.0 Å². The molecule has 0 bridgehead atoms. The van der Waals surface area contributed by atoms with Crippen LogP contribution in [0.3, 0.4) is 0 Å². The van der Waals surface area contributed by atoms with Gasteiger partial charge in [-0.25, -0.2) is 13.2 Å². The summed E-state index contributed by atoms with van der Waals surface area (Å²) in [5.74, 6) is -3.28. The molecule has 0 fully saturated rings. The summed E-state index contributed by atoms with van der Waals surface area (Å²) in [6, 6.07) is 10.3. The Labute approximate surface area is 164 Å². The number of hydrogen-bond acceptors (Lipinski definition) is 4. The highest BCUT2D eigenvalue weighted by atomic mass is 32.2. The van der Waals surface area contributed by atoms with Crippen molar-refractivity contribution >= 4 is 27.6 Å². The van der Waals surface area contributed by atoms with Gasteiger partial charge in [-0.15, -0.1) is 0 Å². The van der Waals surface area contributed by atoms with E-state index in [0.29, 0.717) is 4.90 Å². The molecule has 156 valence electrons. The lowest BCUT2D eigenvalue weighted by Crippen LogP contribution is -2.40. The fourth-order valence-electron chi connectivity index (χ4n) is 2.47. The highest BCUT2D eigenvalue weighted by Gasteiger charge is 2.41. The number of amides is 1. The summed E-state index contributed by atoms with van der Waals surface area (Å²) in [5, 5.41) is 8.98. The third-order valence-electron chi connectivity index (χ3n) is 3.86. The van der Waals surface area contributed by atoms with Crippen LogP contribution in [-0.2, 0) is 21.4 Å². The summed E-state index contributed by atoms with van der Waals surface area (Å²) in [4.78, 5) is 22.7. The van der Waals surface area contributed by atoms with E-state index in [1.54, 1.807) is 0 Å². The lowest BCUT2D eigenvalue weighted by molar-refractivity contribution is -0.185. The van der Waals surface area contributed by atoms with Gasteiger partial charge in [0.25, 0.3) is 10.0 Å². The van der Waals surface area contributed by atoms with E-state index in [1.807, 2.05) is 0 Å². The number of rotatable bonds is 7. The first-order chi connectivity index (χ1) is 13.4. The second-order valence-electron chi connectivity index (χ2n) is 5.96. The number of carbonyl (C=O) groups is 2. The zero-order valence-electron chi connectivity index (χ0n) is 15.1. The molecule has 0 aromatic heterocycles. The van der Waals surface area contributed by atoms with E-state index >= 15 is 0 Å². The number of carbonyl (C=O) groups excluding carboxylic acids is 1. The van der Waals surface area contributed by atoms with Gasteiger partial charge in [-0.1, -0.05) is 18.2 Å². The van der Waals surface area contributed by atoms with E-state index < -0.39 is 28.1 Å². The van der Waals surface area contributed by atoms with E-state index in [9.17, 15) is 31.2 Å². The topological polar surface area (TPSA) is 104 Å². The van der Waals surface area contributed by atoms with Gasteiger partial charge in [0.2, 0.25) is 0 Å². The SMILES string of the molecule is CCN(Cc1cccc(NS(=O)(=O)c2cccc(C(=O)O)c2)c1)C(=O)C(F)(F)F. The number of carboxylic acids is 1. The van der Waals surface area contributed by atoms with Gasteiger partial charge in [-0.3, -0.25) is 9.52 Å². The van der Waals surface area contributed by atoms with Gasteiger partial charge in [0.05, 0.1) is 10.5 Å². The second-order valence-corrected chi connectivity index (χ2v) is 7.64. The number of hydrogen-bond donors (Lipinski definition) is 2. The van der Waals surface area contributed by atoms with Crippen molar-refractivity contribution in [2.75, 3.05) is 11.3 Å². The number of nitrogens with one attached hydrogen (secondary N) is 1. The van der Waals surface area contributed by atoms with Crippen molar-refractivity contribution in [3.8, 4) is 0 Å². The molecule has 0 aliphatic rings. The number of halogens is 3. The van der Waals surface area contributed by atoms with E-state index in [1.165, 1.54) is 49.4 Å². The van der Waals surface area contributed by atoms with Crippen LogP contribution in [0.5, 0.6) is 0 Å². The molecule has 0 radical (unpaired) electrons. The van der Waals surface area contributed by atoms with Crippen LogP contribution < -0.4 is 4.72 Å². The van der Waals surface area contributed by atoms with E-state index in [2.05, 4.69) is 4.72 Å². The minimum Gasteiger partial charge on any atom is -0.478 e. The third kappa shape index (κ3) is 5.70. The highest BCUT2D eigenvalue weighted by Crippen LogP contribution is 2.22. The molecule has 29 heavy (non-hydrogen) atoms. The summed E-state index contributed by atoms with van der Waals surface area (Å²) in [6.45, 7) is 0.848. The normalized spacial score (nSPS) is 11.7. The number of alkyl halides is 3. The van der Waals surface area contributed by atoms with Gasteiger partial charge >= 0.3 is 18.1 Å². The van der Waals surface area contributed by atoms with Gasteiger partial charge in [0.15, 0.2) is 0 Å². The molecule has 2 aromatic rings. The summed E-state index contributed by atoms with van der Waals surface area (Å²) in [6.07, 6.45) is -5.01. The largest absolute Gasteiger partial charge is 0.478 e. The van der Waals surface area contributed by atoms with Crippen molar-refractivity contribution in [2.24, 2.45) is 0 Å². The maximum Gasteiger partial charge on any atom is 0.471 e. The van der Waals surface area contributed by atoms with Gasteiger partial charge in [-0.2, -0.15) is 13.2 Å². The lowest BCUT2D eigenvalue weighted by atomic mass is 10.2. The number of anilines is 1.